The highest BCUT2D eigenvalue weighted by Gasteiger charge is 2.32. The highest BCUT2D eigenvalue weighted by molar-refractivity contribution is 5.96. The molecule has 1 aromatic heterocycles. The van der Waals surface area contributed by atoms with Gasteiger partial charge in [0.1, 0.15) is 18.1 Å². The molecule has 3 aromatic rings. The lowest BCUT2D eigenvalue weighted by atomic mass is 10.0. The van der Waals surface area contributed by atoms with Crippen LogP contribution in [0, 0.1) is 0 Å². The van der Waals surface area contributed by atoms with Gasteiger partial charge >= 0.3 is 11.9 Å². The Kier molecular flexibility index (Phi) is 11.3. The van der Waals surface area contributed by atoms with Crippen LogP contribution in [-0.4, -0.2) is 74.9 Å². The van der Waals surface area contributed by atoms with Crippen molar-refractivity contribution in [2.45, 2.75) is 56.3 Å². The molecule has 0 saturated heterocycles. The van der Waals surface area contributed by atoms with E-state index in [0.717, 1.165) is 16.5 Å². The fraction of sp³-hybridized carbons (Fsp3) is 0.310. The summed E-state index contributed by atoms with van der Waals surface area (Å²) in [7, 11) is 0. The van der Waals surface area contributed by atoms with E-state index in [-0.39, 0.29) is 25.7 Å². The van der Waals surface area contributed by atoms with Gasteiger partial charge in [-0.05, 0) is 30.0 Å². The topological polar surface area (TPSA) is 247 Å². The smallest absolute Gasteiger partial charge is 0.326 e. The van der Waals surface area contributed by atoms with Crippen LogP contribution in [0.15, 0.2) is 60.8 Å². The molecular formula is C29H34N6O8. The molecule has 14 nitrogen and oxygen atoms in total. The van der Waals surface area contributed by atoms with Crippen LogP contribution in [-0.2, 0) is 41.6 Å². The first-order valence-corrected chi connectivity index (χ1v) is 13.4. The molecule has 1 heterocycles. The third-order valence-electron chi connectivity index (χ3n) is 6.67. The Morgan fingerprint density at radius 3 is 2.02 bits per heavy atom. The maximum absolute atomic E-state index is 13.3. The number of carbonyl (C=O) groups excluding carboxylic acids is 4. The molecule has 0 radical (unpaired) electrons. The number of aromatic nitrogens is 1. The average molecular weight is 595 g/mol. The van der Waals surface area contributed by atoms with Gasteiger partial charge in [-0.15, -0.1) is 0 Å². The highest BCUT2D eigenvalue weighted by atomic mass is 16.4. The number of hydrogen-bond donors (Lipinski definition) is 8. The number of nitrogens with one attached hydrogen (secondary N) is 4. The Balaban J connectivity index is 1.82. The number of aliphatic carboxylic acids is 2. The first kappa shape index (κ1) is 32.3. The van der Waals surface area contributed by atoms with E-state index in [1.54, 1.807) is 60.8 Å². The summed E-state index contributed by atoms with van der Waals surface area (Å²) in [6, 6.07) is 10.4. The molecule has 2 aromatic carbocycles. The molecule has 43 heavy (non-hydrogen) atoms. The number of aromatic amines is 1. The lowest BCUT2D eigenvalue weighted by Gasteiger charge is -2.24. The molecule has 4 atom stereocenters. The molecule has 4 unspecified atom stereocenters. The lowest BCUT2D eigenvalue weighted by Crippen LogP contribution is -2.58. The Morgan fingerprint density at radius 2 is 1.37 bits per heavy atom. The number of carboxylic acids is 2. The first-order chi connectivity index (χ1) is 20.4. The van der Waals surface area contributed by atoms with E-state index in [9.17, 15) is 39.0 Å². The number of carbonyl (C=O) groups is 6. The largest absolute Gasteiger partial charge is 0.481 e. The Labute approximate surface area is 246 Å². The SMILES string of the molecule is NC(=O)CCC(NC(=O)C(Cc1c[nH]c2ccccc12)NC(=O)C(CC(=O)O)NC(=O)C(N)Cc1ccccc1)C(=O)O. The van der Waals surface area contributed by atoms with E-state index < -0.39 is 66.2 Å². The van der Waals surface area contributed by atoms with Gasteiger partial charge in [0.05, 0.1) is 12.5 Å². The number of para-hydroxylation sites is 1. The van der Waals surface area contributed by atoms with Crippen molar-refractivity contribution in [3.8, 4) is 0 Å². The Hall–Kier alpha value is -5.24. The molecule has 14 heteroatoms. The zero-order valence-electron chi connectivity index (χ0n) is 23.1. The van der Waals surface area contributed by atoms with Gasteiger partial charge in [0.25, 0.3) is 0 Å². The van der Waals surface area contributed by atoms with Gasteiger partial charge in [0.15, 0.2) is 0 Å². The molecule has 0 bridgehead atoms. The van der Waals surface area contributed by atoms with Crippen molar-refractivity contribution >= 4 is 46.5 Å². The van der Waals surface area contributed by atoms with Crippen LogP contribution in [0.25, 0.3) is 10.9 Å². The van der Waals surface area contributed by atoms with Crippen molar-refractivity contribution < 1.29 is 39.0 Å². The fourth-order valence-corrected chi connectivity index (χ4v) is 4.44. The minimum absolute atomic E-state index is 0.120. The summed E-state index contributed by atoms with van der Waals surface area (Å²) in [5.41, 5.74) is 13.2. The van der Waals surface area contributed by atoms with E-state index in [1.807, 2.05) is 0 Å². The maximum atomic E-state index is 13.3. The van der Waals surface area contributed by atoms with Gasteiger partial charge < -0.3 is 42.6 Å². The molecule has 0 fully saturated rings. The summed E-state index contributed by atoms with van der Waals surface area (Å²) < 4.78 is 0. The monoisotopic (exact) mass is 594 g/mol. The van der Waals surface area contributed by atoms with Gasteiger partial charge in [-0.3, -0.25) is 24.0 Å². The van der Waals surface area contributed by atoms with Crippen LogP contribution in [0.5, 0.6) is 0 Å². The molecular weight excluding hydrogens is 560 g/mol. The number of nitrogens with two attached hydrogens (primary N) is 2. The van der Waals surface area contributed by atoms with Gasteiger partial charge in [0.2, 0.25) is 23.6 Å². The van der Waals surface area contributed by atoms with Crippen LogP contribution >= 0.6 is 0 Å². The molecule has 0 saturated carbocycles. The number of fused-ring (bicyclic) bond motifs is 1. The summed E-state index contributed by atoms with van der Waals surface area (Å²) in [4.78, 5) is 77.1. The van der Waals surface area contributed by atoms with E-state index in [1.165, 1.54) is 0 Å². The van der Waals surface area contributed by atoms with Crippen LogP contribution in [0.1, 0.15) is 30.4 Å². The lowest BCUT2D eigenvalue weighted by molar-refractivity contribution is -0.143. The Bertz CT molecular complexity index is 1470. The van der Waals surface area contributed by atoms with Gasteiger partial charge in [-0.2, -0.15) is 0 Å². The maximum Gasteiger partial charge on any atom is 0.326 e. The third kappa shape index (κ3) is 9.67. The van der Waals surface area contributed by atoms with Crippen molar-refractivity contribution in [2.24, 2.45) is 11.5 Å². The molecule has 0 aliphatic rings. The van der Waals surface area contributed by atoms with Crippen LogP contribution in [0.4, 0.5) is 0 Å². The minimum Gasteiger partial charge on any atom is -0.481 e. The highest BCUT2D eigenvalue weighted by Crippen LogP contribution is 2.19. The number of H-pyrrole nitrogens is 1. The van der Waals surface area contributed by atoms with Crippen LogP contribution in [0.3, 0.4) is 0 Å². The molecule has 4 amide bonds. The van der Waals surface area contributed by atoms with Crippen molar-refractivity contribution in [1.82, 2.24) is 20.9 Å². The second-order valence-corrected chi connectivity index (χ2v) is 9.98. The molecule has 0 spiro atoms. The predicted molar refractivity (Wildman–Crippen MR) is 154 cm³/mol. The van der Waals surface area contributed by atoms with E-state index in [4.69, 9.17) is 11.5 Å². The summed E-state index contributed by atoms with van der Waals surface area (Å²) in [6.07, 6.45) is 0.214. The summed E-state index contributed by atoms with van der Waals surface area (Å²) in [5.74, 6) is -6.26. The second-order valence-electron chi connectivity index (χ2n) is 9.98. The van der Waals surface area contributed by atoms with Crippen LogP contribution < -0.4 is 27.4 Å². The number of primary amides is 1. The van der Waals surface area contributed by atoms with E-state index in [2.05, 4.69) is 20.9 Å². The van der Waals surface area contributed by atoms with Gasteiger partial charge in [0, 0.05) is 29.9 Å². The van der Waals surface area contributed by atoms with Crippen molar-refractivity contribution in [3.63, 3.8) is 0 Å². The molecule has 0 aliphatic carbocycles. The van der Waals surface area contributed by atoms with Crippen LogP contribution in [0.2, 0.25) is 0 Å². The summed E-state index contributed by atoms with van der Waals surface area (Å²) in [6.45, 7) is 0. The zero-order chi connectivity index (χ0) is 31.5. The Morgan fingerprint density at radius 1 is 0.767 bits per heavy atom. The first-order valence-electron chi connectivity index (χ1n) is 13.4. The van der Waals surface area contributed by atoms with Gasteiger partial charge in [-0.1, -0.05) is 48.5 Å². The molecule has 0 aliphatic heterocycles. The summed E-state index contributed by atoms with van der Waals surface area (Å²) >= 11 is 0. The number of rotatable bonds is 16. The number of carboxylic acid groups (broad SMARTS) is 2. The predicted octanol–water partition coefficient (Wildman–Crippen LogP) is -0.440. The van der Waals surface area contributed by atoms with Crippen molar-refractivity contribution in [3.05, 3.63) is 71.9 Å². The molecule has 228 valence electrons. The third-order valence-corrected chi connectivity index (χ3v) is 6.67. The molecule has 10 N–H and O–H groups in total. The normalized spacial score (nSPS) is 13.7. The molecule has 3 rings (SSSR count). The fourth-order valence-electron chi connectivity index (χ4n) is 4.44. The van der Waals surface area contributed by atoms with Crippen molar-refractivity contribution in [1.29, 1.82) is 0 Å². The number of hydrogen-bond acceptors (Lipinski definition) is 7. The quantitative estimate of drug-likeness (QED) is 0.107. The zero-order valence-corrected chi connectivity index (χ0v) is 23.1. The second kappa shape index (κ2) is 15.1. The summed E-state index contributed by atoms with van der Waals surface area (Å²) in [5, 5.41) is 26.8. The van der Waals surface area contributed by atoms with E-state index >= 15 is 0 Å². The van der Waals surface area contributed by atoms with Gasteiger partial charge in [-0.25, -0.2) is 4.79 Å². The standard InChI is InChI=1S/C29H34N6O8/c30-19(12-16-6-2-1-3-7-16)26(39)34-23(14-25(37)38)28(41)35-22(13-17-15-32-20-9-5-4-8-18(17)20)27(40)33-21(29(42)43)10-11-24(31)36/h1-9,15,19,21-23,32H,10-14,30H2,(H2,31,36)(H,33,40)(H,34,39)(H,35,41)(H,37,38)(H,42,43). The minimum atomic E-state index is -1.60. The number of amides is 4. The average Bonchev–Trinajstić information content (AvgIpc) is 3.37. The van der Waals surface area contributed by atoms with E-state index in [0.29, 0.717) is 5.56 Å². The number of benzene rings is 2. The van der Waals surface area contributed by atoms with Crippen molar-refractivity contribution in [2.75, 3.05) is 0 Å².